The van der Waals surface area contributed by atoms with Gasteiger partial charge in [-0.1, -0.05) is 109 Å². The molecule has 10 aromatic rings. The van der Waals surface area contributed by atoms with Crippen molar-refractivity contribution in [3.8, 4) is 56.3 Å². The van der Waals surface area contributed by atoms with Crippen LogP contribution >= 0.6 is 11.3 Å². The Kier molecular flexibility index (Phi) is 6.96. The highest BCUT2D eigenvalue weighted by Gasteiger charge is 2.18. The molecule has 10 rings (SSSR count). The summed E-state index contributed by atoms with van der Waals surface area (Å²) in [4.78, 5) is 19.4. The Morgan fingerprint density at radius 1 is 0.392 bits per heavy atom. The van der Waals surface area contributed by atoms with Gasteiger partial charge in [-0.2, -0.15) is 0 Å². The first-order valence-corrected chi connectivity index (χ1v) is 17.8. The van der Waals surface area contributed by atoms with Gasteiger partial charge in [0.25, 0.3) is 0 Å². The minimum atomic E-state index is 0.816. The Hall–Kier alpha value is -6.56. The minimum absolute atomic E-state index is 0.816. The molecular formula is C46H28N4S. The zero-order chi connectivity index (χ0) is 33.7. The molecule has 0 aliphatic carbocycles. The monoisotopic (exact) mass is 668 g/mol. The summed E-state index contributed by atoms with van der Waals surface area (Å²) in [5.74, 6) is 0. The molecule has 4 nitrogen and oxygen atoms in total. The normalized spacial score (nSPS) is 11.5. The molecule has 5 heterocycles. The fourth-order valence-electron chi connectivity index (χ4n) is 7.11. The molecule has 0 aliphatic heterocycles. The molecular weight excluding hydrogens is 641 g/mol. The molecule has 0 aliphatic rings. The zero-order valence-corrected chi connectivity index (χ0v) is 28.2. The fourth-order valence-corrected chi connectivity index (χ4v) is 8.33. The first-order chi connectivity index (χ1) is 25.3. The third-order valence-corrected chi connectivity index (χ3v) is 10.8. The maximum Gasteiger partial charge on any atom is 0.0900 e. The van der Waals surface area contributed by atoms with Crippen LogP contribution in [0.25, 0.3) is 98.1 Å². The Morgan fingerprint density at radius 3 is 1.61 bits per heavy atom. The van der Waals surface area contributed by atoms with Gasteiger partial charge < -0.3 is 0 Å². The molecule has 51 heavy (non-hydrogen) atoms. The molecule has 0 bridgehead atoms. The summed E-state index contributed by atoms with van der Waals surface area (Å²) in [6, 6.07) is 55.3. The minimum Gasteiger partial charge on any atom is -0.255 e. The third-order valence-electron chi connectivity index (χ3n) is 9.59. The average Bonchev–Trinajstić information content (AvgIpc) is 3.61. The number of fused-ring (bicyclic) bond motifs is 7. The van der Waals surface area contributed by atoms with Gasteiger partial charge in [0.05, 0.1) is 38.7 Å². The van der Waals surface area contributed by atoms with Crippen molar-refractivity contribution in [1.29, 1.82) is 0 Å². The number of hydrogen-bond donors (Lipinski definition) is 0. The van der Waals surface area contributed by atoms with Gasteiger partial charge in [-0.3, -0.25) is 9.97 Å². The molecule has 0 unspecified atom stereocenters. The van der Waals surface area contributed by atoms with Crippen molar-refractivity contribution in [3.63, 3.8) is 0 Å². The maximum atomic E-state index is 5.32. The van der Waals surface area contributed by atoms with E-state index in [-0.39, 0.29) is 0 Å². The number of nitrogens with zero attached hydrogens (tertiary/aromatic N) is 4. The van der Waals surface area contributed by atoms with Crippen molar-refractivity contribution in [2.45, 2.75) is 0 Å². The summed E-state index contributed by atoms with van der Waals surface area (Å²) in [5.41, 5.74) is 10.9. The second-order valence-corrected chi connectivity index (χ2v) is 13.7. The van der Waals surface area contributed by atoms with Crippen molar-refractivity contribution >= 4 is 53.2 Å². The second-order valence-electron chi connectivity index (χ2n) is 12.7. The highest BCUT2D eigenvalue weighted by atomic mass is 32.1. The van der Waals surface area contributed by atoms with E-state index in [0.29, 0.717) is 0 Å². The first kappa shape index (κ1) is 29.4. The Balaban J connectivity index is 1.03. The van der Waals surface area contributed by atoms with Crippen molar-refractivity contribution in [2.24, 2.45) is 0 Å². The van der Waals surface area contributed by atoms with E-state index in [1.807, 2.05) is 47.7 Å². The molecule has 238 valence electrons. The van der Waals surface area contributed by atoms with Crippen molar-refractivity contribution < 1.29 is 0 Å². The SMILES string of the molecule is c1ccc(-c2cc(-c3ccc(-c4ccc(-c5nc6ccc7ccccc7c6c6c5sc5ccccc56)cc4)cc3)cc(-c3ccccn3)n2)nc1. The van der Waals surface area contributed by atoms with E-state index in [4.69, 9.17) is 9.97 Å². The Labute approximate surface area is 298 Å². The lowest BCUT2D eigenvalue weighted by molar-refractivity contribution is 1.22. The average molecular weight is 669 g/mol. The van der Waals surface area contributed by atoms with Crippen LogP contribution in [-0.4, -0.2) is 19.9 Å². The molecule has 5 aromatic heterocycles. The number of thiophene rings is 1. The van der Waals surface area contributed by atoms with Crippen LogP contribution in [0.4, 0.5) is 0 Å². The lowest BCUT2D eigenvalue weighted by Crippen LogP contribution is -1.94. The zero-order valence-electron chi connectivity index (χ0n) is 27.4. The molecule has 0 radical (unpaired) electrons. The smallest absolute Gasteiger partial charge is 0.0900 e. The molecule has 5 heteroatoms. The second kappa shape index (κ2) is 12.1. The van der Waals surface area contributed by atoms with Crippen LogP contribution in [0.1, 0.15) is 0 Å². The molecule has 0 amide bonds. The van der Waals surface area contributed by atoms with E-state index >= 15 is 0 Å². The van der Waals surface area contributed by atoms with Crippen LogP contribution in [0, 0.1) is 0 Å². The first-order valence-electron chi connectivity index (χ1n) is 17.0. The number of rotatable bonds is 5. The van der Waals surface area contributed by atoms with Crippen molar-refractivity contribution in [2.75, 3.05) is 0 Å². The van der Waals surface area contributed by atoms with E-state index in [1.54, 1.807) is 12.4 Å². The third kappa shape index (κ3) is 5.14. The number of hydrogen-bond acceptors (Lipinski definition) is 5. The van der Waals surface area contributed by atoms with Gasteiger partial charge in [-0.05, 0) is 81.6 Å². The van der Waals surface area contributed by atoms with Gasteiger partial charge in [-0.25, -0.2) is 9.97 Å². The van der Waals surface area contributed by atoms with Crippen LogP contribution in [0.2, 0.25) is 0 Å². The van der Waals surface area contributed by atoms with E-state index in [1.165, 1.54) is 36.3 Å². The molecule has 0 saturated heterocycles. The summed E-state index contributed by atoms with van der Waals surface area (Å²) in [7, 11) is 0. The fraction of sp³-hybridized carbons (Fsp3) is 0. The van der Waals surface area contributed by atoms with Gasteiger partial charge in [-0.15, -0.1) is 11.3 Å². The number of pyridine rings is 4. The van der Waals surface area contributed by atoms with Gasteiger partial charge in [0, 0.05) is 38.8 Å². The van der Waals surface area contributed by atoms with Gasteiger partial charge in [0.1, 0.15) is 0 Å². The largest absolute Gasteiger partial charge is 0.255 e. The van der Waals surface area contributed by atoms with Gasteiger partial charge in [0.15, 0.2) is 0 Å². The summed E-state index contributed by atoms with van der Waals surface area (Å²) < 4.78 is 2.51. The predicted octanol–water partition coefficient (Wildman–Crippen LogP) is 12.3. The van der Waals surface area contributed by atoms with Crippen molar-refractivity contribution in [1.82, 2.24) is 19.9 Å². The van der Waals surface area contributed by atoms with Crippen LogP contribution in [0.15, 0.2) is 170 Å². The highest BCUT2D eigenvalue weighted by molar-refractivity contribution is 7.26. The van der Waals surface area contributed by atoms with Crippen LogP contribution in [0.3, 0.4) is 0 Å². The predicted molar refractivity (Wildman–Crippen MR) is 213 cm³/mol. The molecule has 0 atom stereocenters. The Morgan fingerprint density at radius 2 is 0.961 bits per heavy atom. The molecule has 0 saturated carbocycles. The Bertz CT molecular complexity index is 2820. The number of benzene rings is 5. The standard InChI is InChI=1S/C46H28N4S/c1-2-10-35-32(9-1)23-24-39-43(35)44-36-11-3-4-14-42(36)51-46(44)45(50-39)33-21-19-30(20-22-33)29-15-17-31(18-16-29)34-27-40(37-12-5-7-25-47-37)49-41(28-34)38-13-6-8-26-48-38/h1-28H. The summed E-state index contributed by atoms with van der Waals surface area (Å²) >= 11 is 1.83. The molecule has 5 aromatic carbocycles. The van der Waals surface area contributed by atoms with E-state index < -0.39 is 0 Å². The van der Waals surface area contributed by atoms with Gasteiger partial charge in [0.2, 0.25) is 0 Å². The van der Waals surface area contributed by atoms with E-state index in [2.05, 4.69) is 131 Å². The van der Waals surface area contributed by atoms with Crippen LogP contribution in [0.5, 0.6) is 0 Å². The number of aromatic nitrogens is 4. The molecule has 0 fully saturated rings. The summed E-state index contributed by atoms with van der Waals surface area (Å²) in [6.07, 6.45) is 3.60. The van der Waals surface area contributed by atoms with Crippen LogP contribution in [-0.2, 0) is 0 Å². The van der Waals surface area contributed by atoms with Crippen molar-refractivity contribution in [3.05, 3.63) is 170 Å². The highest BCUT2D eigenvalue weighted by Crippen LogP contribution is 2.44. The quantitative estimate of drug-likeness (QED) is 0.171. The summed E-state index contributed by atoms with van der Waals surface area (Å²) in [5, 5.41) is 6.29. The molecule has 0 N–H and O–H groups in total. The lowest BCUT2D eigenvalue weighted by atomic mass is 9.97. The lowest BCUT2D eigenvalue weighted by Gasteiger charge is -2.11. The van der Waals surface area contributed by atoms with Gasteiger partial charge >= 0.3 is 0 Å². The van der Waals surface area contributed by atoms with E-state index in [0.717, 1.165) is 61.8 Å². The summed E-state index contributed by atoms with van der Waals surface area (Å²) in [6.45, 7) is 0. The maximum absolute atomic E-state index is 5.32. The molecule has 0 spiro atoms. The van der Waals surface area contributed by atoms with Crippen LogP contribution < -0.4 is 0 Å². The topological polar surface area (TPSA) is 51.6 Å². The van der Waals surface area contributed by atoms with E-state index in [9.17, 15) is 0 Å².